The third-order valence-electron chi connectivity index (χ3n) is 5.58. The fraction of sp³-hybridized carbons (Fsp3) is 0.0667. The number of aromatic amines is 1. The summed E-state index contributed by atoms with van der Waals surface area (Å²) in [5.74, 6) is -1.27. The van der Waals surface area contributed by atoms with Gasteiger partial charge in [-0.05, 0) is 64.5 Å². The summed E-state index contributed by atoms with van der Waals surface area (Å²) in [5, 5.41) is 10.8. The lowest BCUT2D eigenvalue weighted by Gasteiger charge is -2.03. The number of methoxy groups -OCH3 is 2. The minimum Gasteiger partial charge on any atom is -0.464 e. The molecule has 0 amide bonds. The Hall–Kier alpha value is -5.70. The number of halogens is 3. The number of hydrogen-bond donors (Lipinski definition) is 1. The van der Waals surface area contributed by atoms with Crippen molar-refractivity contribution in [1.82, 2.24) is 39.9 Å². The van der Waals surface area contributed by atoms with Crippen molar-refractivity contribution in [2.24, 2.45) is 0 Å². The highest BCUT2D eigenvalue weighted by Crippen LogP contribution is 2.18. The molecular weight excluding hydrogens is 654 g/mol. The Kier molecular flexibility index (Phi) is 11.2. The first-order valence-corrected chi connectivity index (χ1v) is 13.6. The van der Waals surface area contributed by atoms with E-state index in [-0.39, 0.29) is 11.5 Å². The van der Waals surface area contributed by atoms with Crippen LogP contribution in [0.5, 0.6) is 0 Å². The lowest BCUT2D eigenvalue weighted by Crippen LogP contribution is -2.07. The second-order valence-corrected chi connectivity index (χ2v) is 9.42. The Bertz CT molecular complexity index is 1890. The number of pyridine rings is 4. The average molecular weight is 677 g/mol. The number of aromatic nitrogens is 8. The Morgan fingerprint density at radius 2 is 1.42 bits per heavy atom. The summed E-state index contributed by atoms with van der Waals surface area (Å²) in [7, 11) is 2.62. The second kappa shape index (κ2) is 15.7. The van der Waals surface area contributed by atoms with E-state index in [0.29, 0.717) is 32.9 Å². The summed E-state index contributed by atoms with van der Waals surface area (Å²) in [6, 6.07) is 16.2. The van der Waals surface area contributed by atoms with E-state index in [0.717, 1.165) is 11.9 Å². The lowest BCUT2D eigenvalue weighted by atomic mass is 10.2. The molecule has 0 saturated heterocycles. The molecule has 45 heavy (non-hydrogen) atoms. The number of H-pyrrole nitrogens is 1. The molecule has 12 nitrogen and oxygen atoms in total. The zero-order valence-electron chi connectivity index (χ0n) is 23.6. The number of carbonyl (C=O) groups is 2. The van der Waals surface area contributed by atoms with Crippen molar-refractivity contribution in [3.63, 3.8) is 0 Å². The highest BCUT2D eigenvalue weighted by atomic mass is 79.9. The number of nitrogens with one attached hydrogen (secondary N) is 1. The first-order chi connectivity index (χ1) is 21.8. The first kappa shape index (κ1) is 32.2. The molecule has 0 aliphatic rings. The highest BCUT2D eigenvalue weighted by Gasteiger charge is 2.11. The summed E-state index contributed by atoms with van der Waals surface area (Å²) in [5.41, 5.74) is 3.07. The molecule has 0 fully saturated rings. The largest absolute Gasteiger partial charge is 0.464 e. The van der Waals surface area contributed by atoms with Crippen molar-refractivity contribution in [2.45, 2.75) is 0 Å². The summed E-state index contributed by atoms with van der Waals surface area (Å²) in [6.45, 7) is 0. The van der Waals surface area contributed by atoms with Gasteiger partial charge in [-0.25, -0.2) is 33.0 Å². The van der Waals surface area contributed by atoms with Gasteiger partial charge in [-0.1, -0.05) is 12.1 Å². The van der Waals surface area contributed by atoms with Crippen LogP contribution in [0.2, 0.25) is 0 Å². The van der Waals surface area contributed by atoms with E-state index in [9.17, 15) is 18.4 Å². The monoisotopic (exact) mass is 676 g/mol. The summed E-state index contributed by atoms with van der Waals surface area (Å²) in [4.78, 5) is 37.9. The predicted octanol–water partition coefficient (Wildman–Crippen LogP) is 5.50. The topological polar surface area (TPSA) is 151 Å². The molecule has 0 radical (unpaired) electrons. The van der Waals surface area contributed by atoms with E-state index in [2.05, 4.69) is 60.6 Å². The fourth-order valence-corrected chi connectivity index (χ4v) is 3.87. The molecule has 228 valence electrons. The standard InChI is InChI=1S/C15H11FN4O2.C8H6FN3.C7H6BrNO2/c1-22-15(21)13-3-2-4-14(18-13)20-6-5-12(19-20)10-7-11(16)9-17-8-10;9-7-3-6(4-10-5-7)8-1-2-11-12-8;1-11-7(10)5-3-2-4-6(8)9-5/h2-9H,1H3;1-5H,(H,11,12);2-4H,1H3. The fourth-order valence-electron chi connectivity index (χ4n) is 3.53. The van der Waals surface area contributed by atoms with Gasteiger partial charge in [0.2, 0.25) is 0 Å². The molecule has 6 aromatic rings. The zero-order valence-corrected chi connectivity index (χ0v) is 25.2. The summed E-state index contributed by atoms with van der Waals surface area (Å²) >= 11 is 3.14. The Morgan fingerprint density at radius 1 is 0.800 bits per heavy atom. The van der Waals surface area contributed by atoms with Gasteiger partial charge in [-0.2, -0.15) is 10.2 Å². The number of nitrogens with zero attached hydrogens (tertiary/aromatic N) is 7. The predicted molar refractivity (Wildman–Crippen MR) is 161 cm³/mol. The second-order valence-electron chi connectivity index (χ2n) is 8.61. The van der Waals surface area contributed by atoms with E-state index in [1.54, 1.807) is 67.1 Å². The maximum atomic E-state index is 13.2. The molecule has 0 saturated carbocycles. The van der Waals surface area contributed by atoms with E-state index >= 15 is 0 Å². The van der Waals surface area contributed by atoms with Crippen LogP contribution in [-0.2, 0) is 9.47 Å². The Balaban J connectivity index is 0.000000169. The molecule has 15 heteroatoms. The molecule has 6 rings (SSSR count). The van der Waals surface area contributed by atoms with E-state index < -0.39 is 17.8 Å². The third-order valence-corrected chi connectivity index (χ3v) is 6.02. The van der Waals surface area contributed by atoms with Gasteiger partial charge < -0.3 is 9.47 Å². The Labute approximate surface area is 263 Å². The molecule has 0 unspecified atom stereocenters. The summed E-state index contributed by atoms with van der Waals surface area (Å²) < 4.78 is 37.1. The van der Waals surface area contributed by atoms with Gasteiger partial charge in [0.1, 0.15) is 21.9 Å². The molecule has 0 aliphatic heterocycles. The van der Waals surface area contributed by atoms with Crippen molar-refractivity contribution < 1.29 is 27.8 Å². The number of carbonyl (C=O) groups excluding carboxylic acids is 2. The molecule has 0 aliphatic carbocycles. The van der Waals surface area contributed by atoms with Gasteiger partial charge in [0.05, 0.1) is 38.0 Å². The van der Waals surface area contributed by atoms with Crippen molar-refractivity contribution in [2.75, 3.05) is 14.2 Å². The molecule has 0 spiro atoms. The van der Waals surface area contributed by atoms with Crippen LogP contribution in [0.15, 0.2) is 102 Å². The average Bonchev–Trinajstić information content (AvgIpc) is 3.79. The van der Waals surface area contributed by atoms with Gasteiger partial charge in [0.25, 0.3) is 0 Å². The van der Waals surface area contributed by atoms with Gasteiger partial charge in [0, 0.05) is 35.9 Å². The van der Waals surface area contributed by atoms with Crippen LogP contribution in [-0.4, -0.2) is 66.1 Å². The number of esters is 2. The first-order valence-electron chi connectivity index (χ1n) is 12.8. The third kappa shape index (κ3) is 9.14. The van der Waals surface area contributed by atoms with E-state index in [1.807, 2.05) is 0 Å². The zero-order chi connectivity index (χ0) is 32.2. The van der Waals surface area contributed by atoms with Gasteiger partial charge in [0.15, 0.2) is 11.5 Å². The van der Waals surface area contributed by atoms with Gasteiger partial charge >= 0.3 is 11.9 Å². The van der Waals surface area contributed by atoms with Gasteiger partial charge in [-0.15, -0.1) is 0 Å². The van der Waals surface area contributed by atoms with Crippen LogP contribution >= 0.6 is 15.9 Å². The van der Waals surface area contributed by atoms with Crippen LogP contribution in [0.4, 0.5) is 8.78 Å². The van der Waals surface area contributed by atoms with E-state index in [1.165, 1.54) is 43.4 Å². The van der Waals surface area contributed by atoms with Gasteiger partial charge in [-0.3, -0.25) is 15.1 Å². The van der Waals surface area contributed by atoms with Crippen molar-refractivity contribution >= 4 is 27.9 Å². The summed E-state index contributed by atoms with van der Waals surface area (Å²) in [6.07, 6.45) is 8.68. The molecule has 0 aromatic carbocycles. The molecule has 6 aromatic heterocycles. The molecule has 1 N–H and O–H groups in total. The lowest BCUT2D eigenvalue weighted by molar-refractivity contribution is 0.0585. The van der Waals surface area contributed by atoms with Crippen LogP contribution in [0, 0.1) is 11.6 Å². The SMILES string of the molecule is COC(=O)c1cccc(-n2ccc(-c3cncc(F)c3)n2)n1.COC(=O)c1cccc(Br)n1.Fc1cncc(-c2ccn[nH]2)c1. The van der Waals surface area contributed by atoms with Crippen molar-refractivity contribution in [3.05, 3.63) is 125 Å². The molecule has 0 bridgehead atoms. The molecular formula is C30H23BrF2N8O4. The smallest absolute Gasteiger partial charge is 0.356 e. The van der Waals surface area contributed by atoms with Crippen LogP contribution < -0.4 is 0 Å². The number of rotatable bonds is 5. The quantitative estimate of drug-likeness (QED) is 0.183. The number of hydrogen-bond acceptors (Lipinski definition) is 10. The highest BCUT2D eigenvalue weighted by molar-refractivity contribution is 9.10. The van der Waals surface area contributed by atoms with Crippen LogP contribution in [0.25, 0.3) is 28.3 Å². The minimum atomic E-state index is -0.524. The van der Waals surface area contributed by atoms with Crippen molar-refractivity contribution in [1.29, 1.82) is 0 Å². The number of ether oxygens (including phenoxy) is 2. The van der Waals surface area contributed by atoms with Crippen LogP contribution in [0.1, 0.15) is 21.0 Å². The minimum absolute atomic E-state index is 0.185. The van der Waals surface area contributed by atoms with Crippen molar-refractivity contribution in [3.8, 4) is 28.3 Å². The van der Waals surface area contributed by atoms with E-state index in [4.69, 9.17) is 0 Å². The molecule has 0 atom stereocenters. The normalized spacial score (nSPS) is 10.1. The molecule has 6 heterocycles. The maximum absolute atomic E-state index is 13.2. The van der Waals surface area contributed by atoms with Crippen LogP contribution in [0.3, 0.4) is 0 Å². The Morgan fingerprint density at radius 3 is 2.02 bits per heavy atom. The maximum Gasteiger partial charge on any atom is 0.356 e.